The summed E-state index contributed by atoms with van der Waals surface area (Å²) in [6.45, 7) is 4.42. The van der Waals surface area contributed by atoms with Crippen LogP contribution in [0, 0.1) is 16.7 Å². The second-order valence-electron chi connectivity index (χ2n) is 5.22. The first-order valence-electron chi connectivity index (χ1n) is 6.39. The number of rotatable bonds is 4. The maximum atomic E-state index is 9.14. The van der Waals surface area contributed by atoms with Crippen molar-refractivity contribution < 1.29 is 0 Å². The fraction of sp³-hybridized carbons (Fsp3) is 0.533. The molecule has 2 atom stereocenters. The highest BCUT2D eigenvalue weighted by Gasteiger charge is 2.49. The van der Waals surface area contributed by atoms with Crippen molar-refractivity contribution >= 4 is 0 Å². The molecule has 0 bridgehead atoms. The zero-order chi connectivity index (χ0) is 12.5. The number of nitrogens with two attached hydrogens (primary N) is 1. The van der Waals surface area contributed by atoms with Gasteiger partial charge in [-0.1, -0.05) is 38.1 Å². The van der Waals surface area contributed by atoms with E-state index in [1.807, 2.05) is 0 Å². The van der Waals surface area contributed by atoms with Gasteiger partial charge in [-0.15, -0.1) is 0 Å². The average Bonchev–Trinajstić information content (AvgIpc) is 3.18. The smallest absolute Gasteiger partial charge is 0.0767 e. The van der Waals surface area contributed by atoms with E-state index in [0.29, 0.717) is 5.92 Å². The van der Waals surface area contributed by atoms with Gasteiger partial charge in [0.15, 0.2) is 0 Å². The fourth-order valence-electron chi connectivity index (χ4n) is 2.21. The van der Waals surface area contributed by atoms with Crippen LogP contribution in [0.25, 0.3) is 0 Å². The van der Waals surface area contributed by atoms with Crippen molar-refractivity contribution in [3.8, 4) is 6.07 Å². The SMILES string of the molecule is CCC(C)c1ccc(C(N)C2(C#N)CC2)cc1. The van der Waals surface area contributed by atoms with Crippen LogP contribution in [0.15, 0.2) is 24.3 Å². The van der Waals surface area contributed by atoms with E-state index >= 15 is 0 Å². The van der Waals surface area contributed by atoms with Crippen LogP contribution in [0.5, 0.6) is 0 Å². The quantitative estimate of drug-likeness (QED) is 0.857. The minimum absolute atomic E-state index is 0.126. The van der Waals surface area contributed by atoms with Gasteiger partial charge in [0.2, 0.25) is 0 Å². The van der Waals surface area contributed by atoms with Crippen molar-refractivity contribution in [1.82, 2.24) is 0 Å². The summed E-state index contributed by atoms with van der Waals surface area (Å²) in [7, 11) is 0. The zero-order valence-corrected chi connectivity index (χ0v) is 10.6. The number of hydrogen-bond acceptors (Lipinski definition) is 2. The molecule has 2 nitrogen and oxygen atoms in total. The highest BCUT2D eigenvalue weighted by molar-refractivity contribution is 5.32. The molecule has 0 aliphatic heterocycles. The minimum atomic E-state index is -0.280. The molecule has 17 heavy (non-hydrogen) atoms. The molecule has 1 fully saturated rings. The highest BCUT2D eigenvalue weighted by atomic mass is 14.7. The van der Waals surface area contributed by atoms with Crippen LogP contribution in [-0.4, -0.2) is 0 Å². The Balaban J connectivity index is 2.16. The Morgan fingerprint density at radius 1 is 1.29 bits per heavy atom. The first kappa shape index (κ1) is 12.1. The zero-order valence-electron chi connectivity index (χ0n) is 10.6. The summed E-state index contributed by atoms with van der Waals surface area (Å²) in [5, 5.41) is 9.14. The Bertz CT molecular complexity index is 423. The van der Waals surface area contributed by atoms with E-state index < -0.39 is 0 Å². The van der Waals surface area contributed by atoms with Gasteiger partial charge in [-0.2, -0.15) is 5.26 Å². The molecule has 1 saturated carbocycles. The molecule has 2 N–H and O–H groups in total. The molecule has 0 spiro atoms. The van der Waals surface area contributed by atoms with E-state index in [9.17, 15) is 0 Å². The van der Waals surface area contributed by atoms with Gasteiger partial charge in [0.25, 0.3) is 0 Å². The van der Waals surface area contributed by atoms with Gasteiger partial charge in [0.1, 0.15) is 0 Å². The maximum absolute atomic E-state index is 9.14. The van der Waals surface area contributed by atoms with Gasteiger partial charge in [0, 0.05) is 6.04 Å². The van der Waals surface area contributed by atoms with Crippen LogP contribution in [0.4, 0.5) is 0 Å². The topological polar surface area (TPSA) is 49.8 Å². The van der Waals surface area contributed by atoms with Crippen molar-refractivity contribution in [3.63, 3.8) is 0 Å². The molecule has 1 aliphatic rings. The molecule has 0 aromatic heterocycles. The van der Waals surface area contributed by atoms with Gasteiger partial charge in [-0.3, -0.25) is 0 Å². The Hall–Kier alpha value is -1.33. The van der Waals surface area contributed by atoms with Gasteiger partial charge in [-0.25, -0.2) is 0 Å². The van der Waals surface area contributed by atoms with Crippen LogP contribution in [0.3, 0.4) is 0 Å². The summed E-state index contributed by atoms with van der Waals surface area (Å²) >= 11 is 0. The number of benzene rings is 1. The van der Waals surface area contributed by atoms with E-state index in [1.54, 1.807) is 0 Å². The molecule has 2 rings (SSSR count). The Labute approximate surface area is 103 Å². The van der Waals surface area contributed by atoms with Crippen molar-refractivity contribution in [2.45, 2.75) is 45.1 Å². The van der Waals surface area contributed by atoms with Crippen LogP contribution < -0.4 is 5.73 Å². The summed E-state index contributed by atoms with van der Waals surface area (Å²) in [6.07, 6.45) is 3.03. The fourth-order valence-corrected chi connectivity index (χ4v) is 2.21. The molecule has 0 amide bonds. The summed E-state index contributed by atoms with van der Waals surface area (Å²) in [6, 6.07) is 10.7. The second-order valence-corrected chi connectivity index (χ2v) is 5.22. The monoisotopic (exact) mass is 228 g/mol. The first-order chi connectivity index (χ1) is 8.13. The van der Waals surface area contributed by atoms with Crippen molar-refractivity contribution in [2.75, 3.05) is 0 Å². The number of nitrogens with zero attached hydrogens (tertiary/aromatic N) is 1. The van der Waals surface area contributed by atoms with E-state index in [0.717, 1.165) is 24.8 Å². The van der Waals surface area contributed by atoms with E-state index in [2.05, 4.69) is 44.2 Å². The summed E-state index contributed by atoms with van der Waals surface area (Å²) in [5.74, 6) is 0.589. The molecular formula is C15H20N2. The normalized spacial score (nSPS) is 20.4. The van der Waals surface area contributed by atoms with Crippen molar-refractivity contribution in [1.29, 1.82) is 5.26 Å². The molecule has 1 aliphatic carbocycles. The van der Waals surface area contributed by atoms with Gasteiger partial charge in [-0.05, 0) is 36.3 Å². The largest absolute Gasteiger partial charge is 0.323 e. The van der Waals surface area contributed by atoms with E-state index in [1.165, 1.54) is 5.56 Å². The molecule has 1 aromatic rings. The molecule has 0 radical (unpaired) electrons. The summed E-state index contributed by atoms with van der Waals surface area (Å²) in [4.78, 5) is 0. The molecule has 0 heterocycles. The molecule has 0 saturated heterocycles. The third-order valence-electron chi connectivity index (χ3n) is 4.08. The van der Waals surface area contributed by atoms with Crippen LogP contribution in [0.1, 0.15) is 56.2 Å². The van der Waals surface area contributed by atoms with Gasteiger partial charge < -0.3 is 5.73 Å². The van der Waals surface area contributed by atoms with Crippen LogP contribution in [0.2, 0.25) is 0 Å². The van der Waals surface area contributed by atoms with E-state index in [-0.39, 0.29) is 11.5 Å². The van der Waals surface area contributed by atoms with Crippen LogP contribution >= 0.6 is 0 Å². The maximum Gasteiger partial charge on any atom is 0.0767 e. The second kappa shape index (κ2) is 4.50. The Morgan fingerprint density at radius 3 is 2.24 bits per heavy atom. The van der Waals surface area contributed by atoms with Crippen LogP contribution in [-0.2, 0) is 0 Å². The standard InChI is InChI=1S/C15H20N2/c1-3-11(2)12-4-6-13(7-5-12)14(17)15(10-16)8-9-15/h4-7,11,14H,3,8-9,17H2,1-2H3. The summed E-state index contributed by atoms with van der Waals surface area (Å²) < 4.78 is 0. The molecule has 2 heteroatoms. The van der Waals surface area contributed by atoms with E-state index in [4.69, 9.17) is 11.0 Å². The lowest BCUT2D eigenvalue weighted by Gasteiger charge is -2.18. The number of hydrogen-bond donors (Lipinski definition) is 1. The van der Waals surface area contributed by atoms with Gasteiger partial charge >= 0.3 is 0 Å². The summed E-state index contributed by atoms with van der Waals surface area (Å²) in [5.41, 5.74) is 8.35. The van der Waals surface area contributed by atoms with Crippen molar-refractivity contribution in [3.05, 3.63) is 35.4 Å². The lowest BCUT2D eigenvalue weighted by atomic mass is 9.90. The predicted molar refractivity (Wildman–Crippen MR) is 69.4 cm³/mol. The molecule has 2 unspecified atom stereocenters. The number of nitriles is 1. The highest BCUT2D eigenvalue weighted by Crippen LogP contribution is 2.53. The first-order valence-corrected chi connectivity index (χ1v) is 6.39. The van der Waals surface area contributed by atoms with Gasteiger partial charge in [0.05, 0.1) is 11.5 Å². The third-order valence-corrected chi connectivity index (χ3v) is 4.08. The lowest BCUT2D eigenvalue weighted by molar-refractivity contribution is 0.519. The van der Waals surface area contributed by atoms with Crippen molar-refractivity contribution in [2.24, 2.45) is 11.1 Å². The average molecular weight is 228 g/mol. The Morgan fingerprint density at radius 2 is 1.82 bits per heavy atom. The Kier molecular flexibility index (Phi) is 3.22. The molecular weight excluding hydrogens is 208 g/mol. The predicted octanol–water partition coefficient (Wildman–Crippen LogP) is 3.50. The minimum Gasteiger partial charge on any atom is -0.323 e. The molecule has 1 aromatic carbocycles. The lowest BCUT2D eigenvalue weighted by Crippen LogP contribution is -2.21. The third kappa shape index (κ3) is 2.21. The molecule has 90 valence electrons.